The highest BCUT2D eigenvalue weighted by atomic mass is 19.1. The Morgan fingerprint density at radius 2 is 2.23 bits per heavy atom. The molecule has 2 heterocycles. The third-order valence-electron chi connectivity index (χ3n) is 3.47. The van der Waals surface area contributed by atoms with Gasteiger partial charge in [0.25, 0.3) is 0 Å². The van der Waals surface area contributed by atoms with Gasteiger partial charge in [0.15, 0.2) is 0 Å². The first-order valence-electron chi connectivity index (χ1n) is 6.82. The van der Waals surface area contributed by atoms with Crippen molar-refractivity contribution in [3.05, 3.63) is 52.0 Å². The van der Waals surface area contributed by atoms with Gasteiger partial charge in [0.05, 0.1) is 6.54 Å². The van der Waals surface area contributed by atoms with Gasteiger partial charge in [-0.2, -0.15) is 0 Å². The molecule has 0 bridgehead atoms. The zero-order chi connectivity index (χ0) is 15.7. The minimum absolute atomic E-state index is 0.103. The minimum Gasteiger partial charge on any atom is -0.439 e. The van der Waals surface area contributed by atoms with Gasteiger partial charge in [0.1, 0.15) is 18.1 Å². The second kappa shape index (κ2) is 5.72. The first-order valence-corrected chi connectivity index (χ1v) is 6.82. The largest absolute Gasteiger partial charge is 0.439 e. The van der Waals surface area contributed by atoms with E-state index in [-0.39, 0.29) is 23.7 Å². The summed E-state index contributed by atoms with van der Waals surface area (Å²) in [6.45, 7) is 1.85. The van der Waals surface area contributed by atoms with E-state index in [1.807, 2.05) is 7.05 Å². The summed E-state index contributed by atoms with van der Waals surface area (Å²) < 4.78 is 20.1. The Kier molecular flexibility index (Phi) is 3.76. The maximum absolute atomic E-state index is 12.9. The number of halogens is 1. The highest BCUT2D eigenvalue weighted by Gasteiger charge is 2.31. The number of hydrogen-bond acceptors (Lipinski definition) is 5. The van der Waals surface area contributed by atoms with Crippen LogP contribution in [0.2, 0.25) is 0 Å². The zero-order valence-electron chi connectivity index (χ0n) is 12.0. The smallest absolute Gasteiger partial charge is 0.414 e. The normalized spacial score (nSPS) is 16.6. The van der Waals surface area contributed by atoms with Gasteiger partial charge in [-0.05, 0) is 29.7 Å². The average Bonchev–Trinajstić information content (AvgIpc) is 2.99. The van der Waals surface area contributed by atoms with E-state index in [2.05, 4.69) is 9.88 Å². The standard InChI is InChI=1S/C14H15FN4O3/c1-17(6-10-2-4-11(15)5-3-10)7-12-8-18-9-13(19(20)21)16-14(18)22-12/h2-5,9,12H,6-8H2,1H3. The Balaban J connectivity index is 1.55. The Hall–Kier alpha value is -2.48. The van der Waals surface area contributed by atoms with Gasteiger partial charge in [-0.25, -0.2) is 4.39 Å². The summed E-state index contributed by atoms with van der Waals surface area (Å²) in [5.74, 6) is -0.453. The molecule has 0 aliphatic carbocycles. The second-order valence-corrected chi connectivity index (χ2v) is 5.35. The van der Waals surface area contributed by atoms with E-state index in [9.17, 15) is 14.5 Å². The molecule has 8 heteroatoms. The molecule has 3 rings (SSSR count). The predicted octanol–water partition coefficient (Wildman–Crippen LogP) is 1.82. The van der Waals surface area contributed by atoms with Gasteiger partial charge >= 0.3 is 11.8 Å². The highest BCUT2D eigenvalue weighted by molar-refractivity contribution is 5.22. The molecule has 1 unspecified atom stereocenters. The summed E-state index contributed by atoms with van der Waals surface area (Å²) >= 11 is 0. The summed E-state index contributed by atoms with van der Waals surface area (Å²) in [5, 5.41) is 10.6. The molecule has 1 aromatic carbocycles. The van der Waals surface area contributed by atoms with Crippen LogP contribution >= 0.6 is 0 Å². The van der Waals surface area contributed by atoms with Crippen LogP contribution in [0.4, 0.5) is 10.2 Å². The second-order valence-electron chi connectivity index (χ2n) is 5.35. The molecule has 2 aromatic rings. The molecule has 0 amide bonds. The number of imidazole rings is 1. The van der Waals surface area contributed by atoms with Gasteiger partial charge < -0.3 is 14.9 Å². The molecule has 0 fully saturated rings. The molecule has 1 atom stereocenters. The van der Waals surface area contributed by atoms with Crippen LogP contribution in [0.1, 0.15) is 5.56 Å². The van der Waals surface area contributed by atoms with E-state index in [1.165, 1.54) is 18.3 Å². The van der Waals surface area contributed by atoms with E-state index in [0.717, 1.165) is 5.56 Å². The number of nitro groups is 1. The lowest BCUT2D eigenvalue weighted by atomic mass is 10.2. The van der Waals surface area contributed by atoms with Crippen LogP contribution in [-0.2, 0) is 13.1 Å². The van der Waals surface area contributed by atoms with Crippen molar-refractivity contribution in [1.29, 1.82) is 0 Å². The average molecular weight is 306 g/mol. The molecule has 22 heavy (non-hydrogen) atoms. The minimum atomic E-state index is -0.537. The lowest BCUT2D eigenvalue weighted by Crippen LogP contribution is -2.32. The fourth-order valence-electron chi connectivity index (χ4n) is 2.51. The lowest BCUT2D eigenvalue weighted by molar-refractivity contribution is -0.389. The van der Waals surface area contributed by atoms with Crippen molar-refractivity contribution < 1.29 is 14.1 Å². The maximum atomic E-state index is 12.9. The van der Waals surface area contributed by atoms with Crippen molar-refractivity contribution in [3.8, 4) is 6.01 Å². The maximum Gasteiger partial charge on any atom is 0.414 e. The Labute approximate surface area is 126 Å². The van der Waals surface area contributed by atoms with Gasteiger partial charge in [-0.15, -0.1) is 0 Å². The third-order valence-corrected chi connectivity index (χ3v) is 3.47. The van der Waals surface area contributed by atoms with Crippen LogP contribution in [0.25, 0.3) is 0 Å². The first kappa shape index (κ1) is 14.5. The summed E-state index contributed by atoms with van der Waals surface area (Å²) in [7, 11) is 1.94. The number of hydrogen-bond donors (Lipinski definition) is 0. The summed E-state index contributed by atoms with van der Waals surface area (Å²) in [5.41, 5.74) is 1.01. The molecular formula is C14H15FN4O3. The number of ether oxygens (including phenoxy) is 1. The van der Waals surface area contributed by atoms with Crippen molar-refractivity contribution in [2.75, 3.05) is 13.6 Å². The van der Waals surface area contributed by atoms with Crippen molar-refractivity contribution in [3.63, 3.8) is 0 Å². The van der Waals surface area contributed by atoms with Crippen LogP contribution < -0.4 is 4.74 Å². The molecule has 116 valence electrons. The SMILES string of the molecule is CN(Cc1ccc(F)cc1)CC1Cn2cc([N+](=O)[O-])nc2O1. The Morgan fingerprint density at radius 1 is 1.50 bits per heavy atom. The van der Waals surface area contributed by atoms with Crippen molar-refractivity contribution in [1.82, 2.24) is 14.5 Å². The molecule has 0 spiro atoms. The number of nitrogens with zero attached hydrogens (tertiary/aromatic N) is 4. The first-order chi connectivity index (χ1) is 10.5. The highest BCUT2D eigenvalue weighted by Crippen LogP contribution is 2.25. The summed E-state index contributed by atoms with van der Waals surface area (Å²) in [4.78, 5) is 16.0. The van der Waals surface area contributed by atoms with Gasteiger partial charge in [0, 0.05) is 18.1 Å². The summed E-state index contributed by atoms with van der Waals surface area (Å²) in [6.07, 6.45) is 1.28. The van der Waals surface area contributed by atoms with E-state index < -0.39 is 4.92 Å². The monoisotopic (exact) mass is 306 g/mol. The molecule has 0 radical (unpaired) electrons. The number of fused-ring (bicyclic) bond motifs is 1. The van der Waals surface area contributed by atoms with Crippen molar-refractivity contribution >= 4 is 5.82 Å². The lowest BCUT2D eigenvalue weighted by Gasteiger charge is -2.19. The van der Waals surface area contributed by atoms with Crippen LogP contribution in [0.3, 0.4) is 0 Å². The van der Waals surface area contributed by atoms with Gasteiger partial charge in [-0.1, -0.05) is 12.1 Å². The number of likely N-dealkylation sites (N-methyl/N-ethyl adjacent to an activating group) is 1. The van der Waals surface area contributed by atoms with Crippen LogP contribution in [0, 0.1) is 15.9 Å². The van der Waals surface area contributed by atoms with Crippen molar-refractivity contribution in [2.45, 2.75) is 19.2 Å². The molecule has 0 saturated carbocycles. The zero-order valence-corrected chi connectivity index (χ0v) is 12.0. The molecule has 1 aliphatic heterocycles. The van der Waals surface area contributed by atoms with Crippen molar-refractivity contribution in [2.24, 2.45) is 0 Å². The van der Waals surface area contributed by atoms with E-state index in [0.29, 0.717) is 19.6 Å². The predicted molar refractivity (Wildman–Crippen MR) is 76.0 cm³/mol. The fourth-order valence-corrected chi connectivity index (χ4v) is 2.51. The van der Waals surface area contributed by atoms with Crippen LogP contribution in [0.5, 0.6) is 6.01 Å². The molecule has 0 saturated heterocycles. The van der Waals surface area contributed by atoms with E-state index >= 15 is 0 Å². The van der Waals surface area contributed by atoms with Crippen LogP contribution in [-0.4, -0.2) is 39.1 Å². The third kappa shape index (κ3) is 3.06. The molecular weight excluding hydrogens is 291 g/mol. The topological polar surface area (TPSA) is 73.4 Å². The quantitative estimate of drug-likeness (QED) is 0.622. The number of benzene rings is 1. The van der Waals surface area contributed by atoms with E-state index in [4.69, 9.17) is 4.74 Å². The Morgan fingerprint density at radius 3 is 2.86 bits per heavy atom. The van der Waals surface area contributed by atoms with Gasteiger partial charge in [-0.3, -0.25) is 9.47 Å². The molecule has 1 aliphatic rings. The van der Waals surface area contributed by atoms with Gasteiger partial charge in [0.2, 0.25) is 0 Å². The van der Waals surface area contributed by atoms with E-state index in [1.54, 1.807) is 16.7 Å². The number of aromatic nitrogens is 2. The number of rotatable bonds is 5. The Bertz CT molecular complexity index is 662. The molecule has 1 aromatic heterocycles. The summed E-state index contributed by atoms with van der Waals surface area (Å²) in [6, 6.07) is 6.64. The van der Waals surface area contributed by atoms with Crippen LogP contribution in [0.15, 0.2) is 30.5 Å². The molecule has 7 nitrogen and oxygen atoms in total. The fraction of sp³-hybridized carbons (Fsp3) is 0.357. The molecule has 0 N–H and O–H groups in total.